The SMILES string of the molecule is ClC(c1ccc2c(c1)OCCO2)C1COCCO1. The molecule has 5 heteroatoms. The summed E-state index contributed by atoms with van der Waals surface area (Å²) < 4.78 is 22.0. The summed E-state index contributed by atoms with van der Waals surface area (Å²) in [6.45, 7) is 2.94. The molecule has 0 bridgehead atoms. The molecular weight excluding hydrogens is 256 g/mol. The van der Waals surface area contributed by atoms with E-state index >= 15 is 0 Å². The van der Waals surface area contributed by atoms with Gasteiger partial charge < -0.3 is 18.9 Å². The molecule has 0 radical (unpaired) electrons. The number of alkyl halides is 1. The summed E-state index contributed by atoms with van der Waals surface area (Å²) in [6.07, 6.45) is -0.108. The van der Waals surface area contributed by atoms with Crippen LogP contribution in [0.15, 0.2) is 18.2 Å². The van der Waals surface area contributed by atoms with Crippen molar-refractivity contribution < 1.29 is 18.9 Å². The maximum absolute atomic E-state index is 6.43. The molecule has 2 heterocycles. The summed E-state index contributed by atoms with van der Waals surface area (Å²) in [7, 11) is 0. The molecule has 1 saturated heterocycles. The minimum atomic E-state index is -0.235. The van der Waals surface area contributed by atoms with Crippen LogP contribution in [0.2, 0.25) is 0 Å². The molecule has 2 atom stereocenters. The van der Waals surface area contributed by atoms with Gasteiger partial charge in [0.2, 0.25) is 0 Å². The third-order valence-electron chi connectivity index (χ3n) is 3.05. The first-order valence-electron chi connectivity index (χ1n) is 6.07. The van der Waals surface area contributed by atoms with E-state index in [0.29, 0.717) is 33.0 Å². The fourth-order valence-electron chi connectivity index (χ4n) is 2.12. The van der Waals surface area contributed by atoms with E-state index in [9.17, 15) is 0 Å². The number of fused-ring (bicyclic) bond motifs is 1. The van der Waals surface area contributed by atoms with Gasteiger partial charge in [0.15, 0.2) is 11.5 Å². The van der Waals surface area contributed by atoms with Gasteiger partial charge >= 0.3 is 0 Å². The summed E-state index contributed by atoms with van der Waals surface area (Å²) in [5.41, 5.74) is 0.969. The van der Waals surface area contributed by atoms with Gasteiger partial charge in [0.05, 0.1) is 25.2 Å². The first kappa shape index (κ1) is 12.1. The van der Waals surface area contributed by atoms with E-state index in [4.69, 9.17) is 30.5 Å². The maximum Gasteiger partial charge on any atom is 0.161 e. The minimum Gasteiger partial charge on any atom is -0.486 e. The molecule has 4 nitrogen and oxygen atoms in total. The second kappa shape index (κ2) is 5.34. The standard InChI is InChI=1S/C13H15ClO4/c14-13(12-8-15-3-4-18-12)9-1-2-10-11(7-9)17-6-5-16-10/h1-2,7,12-13H,3-6,8H2. The number of benzene rings is 1. The van der Waals surface area contributed by atoms with Gasteiger partial charge in [-0.15, -0.1) is 11.6 Å². The molecule has 1 fully saturated rings. The van der Waals surface area contributed by atoms with Gasteiger partial charge in [-0.2, -0.15) is 0 Å². The van der Waals surface area contributed by atoms with Crippen LogP contribution in [0.3, 0.4) is 0 Å². The monoisotopic (exact) mass is 270 g/mol. The van der Waals surface area contributed by atoms with E-state index in [1.807, 2.05) is 18.2 Å². The van der Waals surface area contributed by atoms with E-state index in [-0.39, 0.29) is 11.5 Å². The van der Waals surface area contributed by atoms with Crippen LogP contribution in [0, 0.1) is 0 Å². The normalized spacial score (nSPS) is 24.6. The second-order valence-corrected chi connectivity index (χ2v) is 4.76. The Morgan fingerprint density at radius 1 is 1.06 bits per heavy atom. The van der Waals surface area contributed by atoms with E-state index in [1.165, 1.54) is 0 Å². The van der Waals surface area contributed by atoms with Crippen LogP contribution >= 0.6 is 11.6 Å². The van der Waals surface area contributed by atoms with Crippen LogP contribution in [0.25, 0.3) is 0 Å². The Balaban J connectivity index is 1.78. The Morgan fingerprint density at radius 2 is 1.89 bits per heavy atom. The summed E-state index contributed by atoms with van der Waals surface area (Å²) in [6, 6.07) is 5.76. The Morgan fingerprint density at radius 3 is 2.67 bits per heavy atom. The van der Waals surface area contributed by atoms with Crippen LogP contribution in [-0.4, -0.2) is 39.1 Å². The Kier molecular flexibility index (Phi) is 3.59. The molecule has 1 aromatic rings. The maximum atomic E-state index is 6.43. The minimum absolute atomic E-state index is 0.108. The number of rotatable bonds is 2. The molecule has 3 rings (SSSR count). The zero-order valence-corrected chi connectivity index (χ0v) is 10.7. The summed E-state index contributed by atoms with van der Waals surface area (Å²) in [5.74, 6) is 1.52. The molecule has 0 saturated carbocycles. The lowest BCUT2D eigenvalue weighted by Crippen LogP contribution is -2.31. The van der Waals surface area contributed by atoms with Gasteiger partial charge in [-0.3, -0.25) is 0 Å². The zero-order valence-electron chi connectivity index (χ0n) is 9.93. The summed E-state index contributed by atoms with van der Waals surface area (Å²) in [5, 5.41) is -0.235. The van der Waals surface area contributed by atoms with Crippen molar-refractivity contribution in [3.8, 4) is 11.5 Å². The lowest BCUT2D eigenvalue weighted by molar-refractivity contribution is -0.0892. The Hall–Kier alpha value is -0.970. The molecule has 0 N–H and O–H groups in total. The lowest BCUT2D eigenvalue weighted by atomic mass is 10.1. The van der Waals surface area contributed by atoms with Crippen molar-refractivity contribution in [2.45, 2.75) is 11.5 Å². The fraction of sp³-hybridized carbons (Fsp3) is 0.538. The van der Waals surface area contributed by atoms with Crippen LogP contribution in [0.1, 0.15) is 10.9 Å². The van der Waals surface area contributed by atoms with Gasteiger partial charge in [-0.1, -0.05) is 6.07 Å². The largest absolute Gasteiger partial charge is 0.486 e. The first-order valence-corrected chi connectivity index (χ1v) is 6.51. The van der Waals surface area contributed by atoms with E-state index < -0.39 is 0 Å². The molecule has 2 aliphatic heterocycles. The van der Waals surface area contributed by atoms with E-state index in [2.05, 4.69) is 0 Å². The molecule has 0 spiro atoms. The quantitative estimate of drug-likeness (QED) is 0.772. The van der Waals surface area contributed by atoms with Crippen molar-refractivity contribution in [1.29, 1.82) is 0 Å². The highest BCUT2D eigenvalue weighted by Gasteiger charge is 2.26. The molecule has 98 valence electrons. The third-order valence-corrected chi connectivity index (χ3v) is 3.59. The molecule has 0 aromatic heterocycles. The average molecular weight is 271 g/mol. The first-order chi connectivity index (χ1) is 8.84. The van der Waals surface area contributed by atoms with Crippen molar-refractivity contribution in [2.75, 3.05) is 33.0 Å². The number of ether oxygens (including phenoxy) is 4. The van der Waals surface area contributed by atoms with Crippen LogP contribution in [-0.2, 0) is 9.47 Å². The highest BCUT2D eigenvalue weighted by atomic mass is 35.5. The van der Waals surface area contributed by atoms with Gasteiger partial charge in [0.25, 0.3) is 0 Å². The van der Waals surface area contributed by atoms with Gasteiger partial charge in [0, 0.05) is 0 Å². The number of hydrogen-bond acceptors (Lipinski definition) is 4. The predicted octanol–water partition coefficient (Wildman–Crippen LogP) is 2.15. The smallest absolute Gasteiger partial charge is 0.161 e. The number of hydrogen-bond donors (Lipinski definition) is 0. The van der Waals surface area contributed by atoms with Crippen molar-refractivity contribution in [1.82, 2.24) is 0 Å². The van der Waals surface area contributed by atoms with Crippen LogP contribution in [0.5, 0.6) is 11.5 Å². The molecule has 2 aliphatic rings. The summed E-state index contributed by atoms with van der Waals surface area (Å²) in [4.78, 5) is 0. The molecule has 1 aromatic carbocycles. The van der Waals surface area contributed by atoms with Gasteiger partial charge in [-0.05, 0) is 17.7 Å². The summed E-state index contributed by atoms with van der Waals surface area (Å²) >= 11 is 6.43. The van der Waals surface area contributed by atoms with Crippen LogP contribution in [0.4, 0.5) is 0 Å². The topological polar surface area (TPSA) is 36.9 Å². The molecule has 0 aliphatic carbocycles. The molecule has 0 amide bonds. The fourth-order valence-corrected chi connectivity index (χ4v) is 2.40. The second-order valence-electron chi connectivity index (χ2n) is 4.29. The van der Waals surface area contributed by atoms with E-state index in [0.717, 1.165) is 17.1 Å². The number of halogens is 1. The highest BCUT2D eigenvalue weighted by Crippen LogP contribution is 2.36. The highest BCUT2D eigenvalue weighted by molar-refractivity contribution is 6.21. The van der Waals surface area contributed by atoms with Crippen molar-refractivity contribution in [3.05, 3.63) is 23.8 Å². The third kappa shape index (κ3) is 2.41. The van der Waals surface area contributed by atoms with Gasteiger partial charge in [-0.25, -0.2) is 0 Å². The molecule has 2 unspecified atom stereocenters. The Labute approximate surface area is 111 Å². The Bertz CT molecular complexity index is 417. The van der Waals surface area contributed by atoms with E-state index in [1.54, 1.807) is 0 Å². The molecule has 18 heavy (non-hydrogen) atoms. The lowest BCUT2D eigenvalue weighted by Gasteiger charge is -2.27. The average Bonchev–Trinajstić information content (AvgIpc) is 2.47. The van der Waals surface area contributed by atoms with Crippen molar-refractivity contribution >= 4 is 11.6 Å². The predicted molar refractivity (Wildman–Crippen MR) is 66.6 cm³/mol. The zero-order chi connectivity index (χ0) is 12.4. The van der Waals surface area contributed by atoms with Crippen molar-refractivity contribution in [3.63, 3.8) is 0 Å². The molecular formula is C13H15ClO4. The van der Waals surface area contributed by atoms with Crippen LogP contribution < -0.4 is 9.47 Å². The van der Waals surface area contributed by atoms with Crippen molar-refractivity contribution in [2.24, 2.45) is 0 Å². The van der Waals surface area contributed by atoms with Gasteiger partial charge in [0.1, 0.15) is 19.3 Å².